The molecule has 0 N–H and O–H groups in total. The molecule has 3 aliphatic rings. The van der Waals surface area contributed by atoms with Crippen LogP contribution in [0.15, 0.2) is 12.2 Å². The average Bonchev–Trinajstić information content (AvgIpc) is 2.75. The Bertz CT molecular complexity index is 449. The third-order valence-corrected chi connectivity index (χ3v) is 7.08. The molecule has 2 saturated carbocycles. The first-order chi connectivity index (χ1) is 10.4. The van der Waals surface area contributed by atoms with Gasteiger partial charge in [0.1, 0.15) is 0 Å². The maximum atomic E-state index is 11.5. The molecule has 0 saturated heterocycles. The third-order valence-electron chi connectivity index (χ3n) is 7.08. The molecule has 0 amide bonds. The first-order valence-electron chi connectivity index (χ1n) is 9.59. The lowest BCUT2D eigenvalue weighted by molar-refractivity contribution is -0.115. The summed E-state index contributed by atoms with van der Waals surface area (Å²) in [6.07, 6.45) is 13.1. The van der Waals surface area contributed by atoms with E-state index in [-0.39, 0.29) is 0 Å². The summed E-state index contributed by atoms with van der Waals surface area (Å²) in [5.41, 5.74) is 0.580. The zero-order chi connectivity index (χ0) is 15.9. The highest BCUT2D eigenvalue weighted by Gasteiger charge is 2.48. The Hall–Kier alpha value is -0.590. The van der Waals surface area contributed by atoms with Gasteiger partial charge in [-0.25, -0.2) is 0 Å². The number of hydrogen-bond acceptors (Lipinski definition) is 1. The van der Waals surface area contributed by atoms with E-state index in [9.17, 15) is 4.79 Å². The van der Waals surface area contributed by atoms with Crippen LogP contribution >= 0.6 is 0 Å². The summed E-state index contributed by atoms with van der Waals surface area (Å²) in [5, 5.41) is 0. The fraction of sp³-hybridized carbons (Fsp3) is 0.857. The van der Waals surface area contributed by atoms with Gasteiger partial charge in [0.2, 0.25) is 0 Å². The Morgan fingerprint density at radius 2 is 2.05 bits per heavy atom. The second-order valence-electron chi connectivity index (χ2n) is 9.36. The van der Waals surface area contributed by atoms with Crippen LogP contribution in [0, 0.1) is 40.9 Å². The molecule has 6 atom stereocenters. The Balaban J connectivity index is 1.69. The van der Waals surface area contributed by atoms with Crippen LogP contribution in [0.4, 0.5) is 0 Å². The van der Waals surface area contributed by atoms with Gasteiger partial charge in [-0.05, 0) is 85.5 Å². The molecular formula is C21H34O. The number of ketones is 1. The van der Waals surface area contributed by atoms with E-state index in [0.29, 0.717) is 17.1 Å². The highest BCUT2D eigenvalue weighted by molar-refractivity contribution is 5.90. The summed E-state index contributed by atoms with van der Waals surface area (Å²) in [5.74, 6) is 5.42. The van der Waals surface area contributed by atoms with E-state index in [1.165, 1.54) is 32.1 Å². The van der Waals surface area contributed by atoms with Gasteiger partial charge in [-0.15, -0.1) is 0 Å². The zero-order valence-corrected chi connectivity index (χ0v) is 15.0. The van der Waals surface area contributed by atoms with E-state index < -0.39 is 0 Å². The number of carbonyl (C=O) groups is 1. The van der Waals surface area contributed by atoms with Crippen molar-refractivity contribution in [1.82, 2.24) is 0 Å². The lowest BCUT2D eigenvalue weighted by atomic mass is 9.63. The van der Waals surface area contributed by atoms with Gasteiger partial charge in [0.25, 0.3) is 0 Å². The topological polar surface area (TPSA) is 17.1 Å². The zero-order valence-electron chi connectivity index (χ0n) is 15.0. The molecule has 2 fully saturated rings. The van der Waals surface area contributed by atoms with Crippen molar-refractivity contribution in [2.24, 2.45) is 40.9 Å². The first kappa shape index (κ1) is 16.3. The number of carbonyl (C=O) groups excluding carboxylic acids is 1. The quantitative estimate of drug-likeness (QED) is 0.658. The van der Waals surface area contributed by atoms with Crippen molar-refractivity contribution < 1.29 is 4.79 Å². The number of hydrogen-bond donors (Lipinski definition) is 0. The molecule has 124 valence electrons. The molecule has 0 bridgehead atoms. The maximum Gasteiger partial charge on any atom is 0.155 e. The molecule has 3 aliphatic carbocycles. The molecule has 3 unspecified atom stereocenters. The van der Waals surface area contributed by atoms with Crippen molar-refractivity contribution in [2.45, 2.75) is 72.6 Å². The van der Waals surface area contributed by atoms with Crippen LogP contribution in [0.25, 0.3) is 0 Å². The molecule has 0 aromatic heterocycles. The summed E-state index contributed by atoms with van der Waals surface area (Å²) < 4.78 is 0. The normalized spacial score (nSPS) is 45.3. The van der Waals surface area contributed by atoms with Crippen molar-refractivity contribution in [3.8, 4) is 0 Å². The van der Waals surface area contributed by atoms with E-state index in [2.05, 4.69) is 33.8 Å². The van der Waals surface area contributed by atoms with Crippen LogP contribution in [0.3, 0.4) is 0 Å². The highest BCUT2D eigenvalue weighted by atomic mass is 16.1. The monoisotopic (exact) mass is 302 g/mol. The predicted molar refractivity (Wildman–Crippen MR) is 92.5 cm³/mol. The Morgan fingerprint density at radius 3 is 2.68 bits per heavy atom. The maximum absolute atomic E-state index is 11.5. The van der Waals surface area contributed by atoms with E-state index in [0.717, 1.165) is 42.4 Å². The van der Waals surface area contributed by atoms with E-state index >= 15 is 0 Å². The van der Waals surface area contributed by atoms with Gasteiger partial charge in [-0.3, -0.25) is 4.79 Å². The molecular weight excluding hydrogens is 268 g/mol. The van der Waals surface area contributed by atoms with E-state index in [1.807, 2.05) is 6.08 Å². The Labute approximate surface area is 136 Å². The van der Waals surface area contributed by atoms with Crippen LogP contribution in [-0.2, 0) is 4.79 Å². The summed E-state index contributed by atoms with van der Waals surface area (Å²) in [7, 11) is 0. The highest BCUT2D eigenvalue weighted by Crippen LogP contribution is 2.57. The third kappa shape index (κ3) is 3.19. The largest absolute Gasteiger partial charge is 0.295 e. The van der Waals surface area contributed by atoms with Gasteiger partial charge < -0.3 is 0 Å². The fourth-order valence-electron chi connectivity index (χ4n) is 6.19. The molecule has 22 heavy (non-hydrogen) atoms. The van der Waals surface area contributed by atoms with Crippen molar-refractivity contribution in [2.75, 3.05) is 0 Å². The van der Waals surface area contributed by atoms with Crippen molar-refractivity contribution in [3.05, 3.63) is 12.2 Å². The fourth-order valence-corrected chi connectivity index (χ4v) is 6.19. The summed E-state index contributed by atoms with van der Waals surface area (Å²) >= 11 is 0. The van der Waals surface area contributed by atoms with Crippen LogP contribution in [0.1, 0.15) is 72.6 Å². The minimum absolute atomic E-state index is 0.337. The molecule has 0 spiro atoms. The van der Waals surface area contributed by atoms with Gasteiger partial charge >= 0.3 is 0 Å². The Kier molecular flexibility index (Phi) is 4.54. The van der Waals surface area contributed by atoms with Gasteiger partial charge in [-0.2, -0.15) is 0 Å². The number of fused-ring (bicyclic) bond motifs is 1. The van der Waals surface area contributed by atoms with Gasteiger partial charge in [-0.1, -0.05) is 33.8 Å². The molecule has 0 heterocycles. The molecule has 0 aliphatic heterocycles. The van der Waals surface area contributed by atoms with Gasteiger partial charge in [0, 0.05) is 6.42 Å². The molecule has 3 rings (SSSR count). The number of allylic oxidation sites excluding steroid dienone is 2. The summed E-state index contributed by atoms with van der Waals surface area (Å²) in [4.78, 5) is 11.5. The second kappa shape index (κ2) is 6.13. The van der Waals surface area contributed by atoms with Crippen molar-refractivity contribution >= 4 is 5.78 Å². The predicted octanol–water partition coefficient (Wildman–Crippen LogP) is 5.65. The lowest BCUT2D eigenvalue weighted by Crippen LogP contribution is -2.32. The van der Waals surface area contributed by atoms with Crippen LogP contribution < -0.4 is 0 Å². The SMILES string of the molecule is CC(C)CC1(C)CC[C@H]2C[C@@H](C3C=CC(=O)CC3)C(C)[C@H]2C1. The average molecular weight is 303 g/mol. The van der Waals surface area contributed by atoms with Gasteiger partial charge in [0.15, 0.2) is 5.78 Å². The van der Waals surface area contributed by atoms with E-state index in [1.54, 1.807) is 0 Å². The van der Waals surface area contributed by atoms with Crippen LogP contribution in [-0.4, -0.2) is 5.78 Å². The van der Waals surface area contributed by atoms with Crippen molar-refractivity contribution in [3.63, 3.8) is 0 Å². The molecule has 0 aromatic carbocycles. The summed E-state index contributed by atoms with van der Waals surface area (Å²) in [6.45, 7) is 9.81. The second-order valence-corrected chi connectivity index (χ2v) is 9.36. The minimum atomic E-state index is 0.337. The number of rotatable bonds is 3. The van der Waals surface area contributed by atoms with Crippen LogP contribution in [0.2, 0.25) is 0 Å². The molecule has 0 radical (unpaired) electrons. The minimum Gasteiger partial charge on any atom is -0.295 e. The molecule has 1 heteroatoms. The van der Waals surface area contributed by atoms with E-state index in [4.69, 9.17) is 0 Å². The smallest absolute Gasteiger partial charge is 0.155 e. The Morgan fingerprint density at radius 1 is 1.27 bits per heavy atom. The molecule has 1 nitrogen and oxygen atoms in total. The van der Waals surface area contributed by atoms with Gasteiger partial charge in [0.05, 0.1) is 0 Å². The summed E-state index contributed by atoms with van der Waals surface area (Å²) in [6, 6.07) is 0. The lowest BCUT2D eigenvalue weighted by Gasteiger charge is -2.43. The van der Waals surface area contributed by atoms with Crippen molar-refractivity contribution in [1.29, 1.82) is 0 Å². The molecule has 0 aromatic rings. The van der Waals surface area contributed by atoms with Crippen LogP contribution in [0.5, 0.6) is 0 Å². The standard InChI is InChI=1S/C21H34O/c1-14(2)12-21(4)10-9-17-11-19(15(3)20(17)13-21)16-5-7-18(22)8-6-16/h5,7,14-17,19-20H,6,8-13H2,1-4H3/t15?,16?,17-,19+,20+,21?/m0/s1. The first-order valence-corrected chi connectivity index (χ1v) is 9.59.